The minimum absolute atomic E-state index is 0.106. The molecule has 96 valence electrons. The number of hydrogen-bond acceptors (Lipinski definition) is 2. The summed E-state index contributed by atoms with van der Waals surface area (Å²) in [6.45, 7) is 0. The second-order valence-electron chi connectivity index (χ2n) is 4.05. The summed E-state index contributed by atoms with van der Waals surface area (Å²) in [6.07, 6.45) is 0. The van der Waals surface area contributed by atoms with Gasteiger partial charge in [0.1, 0.15) is 0 Å². The van der Waals surface area contributed by atoms with E-state index in [-0.39, 0.29) is 11.5 Å². The first-order valence-corrected chi connectivity index (χ1v) is 5.76. The summed E-state index contributed by atoms with van der Waals surface area (Å²) < 4.78 is 0. The molecular formula is C15H13NO3. The van der Waals surface area contributed by atoms with Gasteiger partial charge < -0.3 is 10.0 Å². The van der Waals surface area contributed by atoms with Gasteiger partial charge in [0.15, 0.2) is 0 Å². The quantitative estimate of drug-likeness (QED) is 0.917. The van der Waals surface area contributed by atoms with Gasteiger partial charge in [-0.1, -0.05) is 30.3 Å². The first-order chi connectivity index (χ1) is 9.11. The van der Waals surface area contributed by atoms with E-state index in [9.17, 15) is 9.59 Å². The van der Waals surface area contributed by atoms with Crippen LogP contribution < -0.4 is 4.90 Å². The molecule has 0 heterocycles. The molecule has 1 amide bonds. The van der Waals surface area contributed by atoms with Gasteiger partial charge in [0.25, 0.3) is 5.91 Å². The van der Waals surface area contributed by atoms with E-state index < -0.39 is 5.97 Å². The summed E-state index contributed by atoms with van der Waals surface area (Å²) in [7, 11) is 1.57. The molecule has 19 heavy (non-hydrogen) atoms. The number of hydrogen-bond donors (Lipinski definition) is 1. The lowest BCUT2D eigenvalue weighted by Gasteiger charge is -2.19. The number of carboxylic acids is 1. The summed E-state index contributed by atoms with van der Waals surface area (Å²) >= 11 is 0. The highest BCUT2D eigenvalue weighted by Crippen LogP contribution is 2.20. The Morgan fingerprint density at radius 2 is 1.53 bits per heavy atom. The van der Waals surface area contributed by atoms with Gasteiger partial charge in [-0.25, -0.2) is 4.79 Å². The van der Waals surface area contributed by atoms with Crippen LogP contribution in [0.15, 0.2) is 54.6 Å². The zero-order valence-corrected chi connectivity index (χ0v) is 10.4. The number of carbonyl (C=O) groups excluding carboxylic acids is 1. The fraction of sp³-hybridized carbons (Fsp3) is 0.0667. The third kappa shape index (κ3) is 2.63. The maximum atomic E-state index is 12.3. The van der Waals surface area contributed by atoms with Crippen LogP contribution in [0.4, 0.5) is 5.69 Å². The molecule has 0 radical (unpaired) electrons. The maximum Gasteiger partial charge on any atom is 0.337 e. The molecule has 0 saturated carbocycles. The van der Waals surface area contributed by atoms with Crippen LogP contribution in [-0.2, 0) is 0 Å². The minimum Gasteiger partial charge on any atom is -0.478 e. The summed E-state index contributed by atoms with van der Waals surface area (Å²) in [6, 6.07) is 15.2. The van der Waals surface area contributed by atoms with E-state index in [2.05, 4.69) is 0 Å². The van der Waals surface area contributed by atoms with Crippen LogP contribution in [0.25, 0.3) is 0 Å². The minimum atomic E-state index is -1.05. The molecule has 0 aliphatic heterocycles. The molecule has 2 rings (SSSR count). The molecule has 4 heteroatoms. The van der Waals surface area contributed by atoms with E-state index in [4.69, 9.17) is 5.11 Å². The number of carbonyl (C=O) groups is 2. The maximum absolute atomic E-state index is 12.3. The van der Waals surface area contributed by atoms with E-state index in [1.165, 1.54) is 11.0 Å². The SMILES string of the molecule is CN(C(=O)c1ccccc1)c1ccccc1C(=O)O. The average molecular weight is 255 g/mol. The molecule has 0 bridgehead atoms. The average Bonchev–Trinajstić information content (AvgIpc) is 2.46. The zero-order chi connectivity index (χ0) is 13.8. The summed E-state index contributed by atoms with van der Waals surface area (Å²) in [4.78, 5) is 24.7. The molecule has 2 aromatic rings. The van der Waals surface area contributed by atoms with Crippen molar-refractivity contribution in [1.82, 2.24) is 0 Å². The first-order valence-electron chi connectivity index (χ1n) is 5.76. The number of anilines is 1. The Labute approximate surface area is 110 Å². The van der Waals surface area contributed by atoms with E-state index >= 15 is 0 Å². The van der Waals surface area contributed by atoms with Crippen molar-refractivity contribution in [3.05, 3.63) is 65.7 Å². The second kappa shape index (κ2) is 5.35. The number of carboxylic acid groups (broad SMARTS) is 1. The largest absolute Gasteiger partial charge is 0.478 e. The number of nitrogens with zero attached hydrogens (tertiary/aromatic N) is 1. The van der Waals surface area contributed by atoms with Gasteiger partial charge in [0, 0.05) is 12.6 Å². The van der Waals surface area contributed by atoms with Crippen LogP contribution in [0.3, 0.4) is 0 Å². The fourth-order valence-electron chi connectivity index (χ4n) is 1.83. The highest BCUT2D eigenvalue weighted by Gasteiger charge is 2.18. The van der Waals surface area contributed by atoms with Crippen molar-refractivity contribution in [2.45, 2.75) is 0 Å². The summed E-state index contributed by atoms with van der Waals surface area (Å²) in [5.41, 5.74) is 1.00. The Balaban J connectivity index is 2.38. The molecular weight excluding hydrogens is 242 g/mol. The number of rotatable bonds is 3. The Hall–Kier alpha value is -2.62. The van der Waals surface area contributed by atoms with Gasteiger partial charge >= 0.3 is 5.97 Å². The van der Waals surface area contributed by atoms with Gasteiger partial charge in [-0.05, 0) is 24.3 Å². The lowest BCUT2D eigenvalue weighted by Crippen LogP contribution is -2.27. The Kier molecular flexibility index (Phi) is 3.61. The van der Waals surface area contributed by atoms with Gasteiger partial charge in [-0.2, -0.15) is 0 Å². The van der Waals surface area contributed by atoms with Crippen molar-refractivity contribution >= 4 is 17.6 Å². The van der Waals surface area contributed by atoms with Crippen LogP contribution in [0.5, 0.6) is 0 Å². The standard InChI is InChI=1S/C15H13NO3/c1-16(14(17)11-7-3-2-4-8-11)13-10-6-5-9-12(13)15(18)19/h2-10H,1H3,(H,18,19). The molecule has 0 aliphatic rings. The van der Waals surface area contributed by atoms with Gasteiger partial charge in [0.2, 0.25) is 0 Å². The van der Waals surface area contributed by atoms with Crippen LogP contribution >= 0.6 is 0 Å². The molecule has 0 aliphatic carbocycles. The molecule has 2 aromatic carbocycles. The van der Waals surface area contributed by atoms with Gasteiger partial charge in [-0.3, -0.25) is 4.79 Å². The third-order valence-corrected chi connectivity index (χ3v) is 2.82. The molecule has 0 saturated heterocycles. The number of para-hydroxylation sites is 1. The number of amides is 1. The van der Waals surface area contributed by atoms with Gasteiger partial charge in [0.05, 0.1) is 11.3 Å². The lowest BCUT2D eigenvalue weighted by atomic mass is 10.1. The van der Waals surface area contributed by atoms with Crippen LogP contribution in [-0.4, -0.2) is 24.0 Å². The third-order valence-electron chi connectivity index (χ3n) is 2.82. The number of aromatic carboxylic acids is 1. The zero-order valence-electron chi connectivity index (χ0n) is 10.4. The molecule has 0 atom stereocenters. The van der Waals surface area contributed by atoms with Crippen molar-refractivity contribution < 1.29 is 14.7 Å². The Morgan fingerprint density at radius 1 is 0.947 bits per heavy atom. The second-order valence-corrected chi connectivity index (χ2v) is 4.05. The first kappa shape index (κ1) is 12.8. The van der Waals surface area contributed by atoms with Crippen LogP contribution in [0.1, 0.15) is 20.7 Å². The van der Waals surface area contributed by atoms with Crippen molar-refractivity contribution in [3.63, 3.8) is 0 Å². The molecule has 0 spiro atoms. The molecule has 4 nitrogen and oxygen atoms in total. The molecule has 0 unspecified atom stereocenters. The van der Waals surface area contributed by atoms with Gasteiger partial charge in [-0.15, -0.1) is 0 Å². The normalized spacial score (nSPS) is 9.95. The van der Waals surface area contributed by atoms with Crippen molar-refractivity contribution in [3.8, 4) is 0 Å². The van der Waals surface area contributed by atoms with Crippen molar-refractivity contribution in [2.75, 3.05) is 11.9 Å². The number of benzene rings is 2. The highest BCUT2D eigenvalue weighted by molar-refractivity contribution is 6.08. The molecule has 0 aromatic heterocycles. The summed E-state index contributed by atoms with van der Waals surface area (Å²) in [5, 5.41) is 9.13. The molecule has 0 fully saturated rings. The van der Waals surface area contributed by atoms with E-state index in [1.807, 2.05) is 6.07 Å². The van der Waals surface area contributed by atoms with Crippen molar-refractivity contribution in [1.29, 1.82) is 0 Å². The fourth-order valence-corrected chi connectivity index (χ4v) is 1.83. The van der Waals surface area contributed by atoms with E-state index in [0.29, 0.717) is 11.3 Å². The smallest absolute Gasteiger partial charge is 0.337 e. The predicted octanol–water partition coefficient (Wildman–Crippen LogP) is 2.66. The van der Waals surface area contributed by atoms with Crippen LogP contribution in [0, 0.1) is 0 Å². The highest BCUT2D eigenvalue weighted by atomic mass is 16.4. The lowest BCUT2D eigenvalue weighted by molar-refractivity contribution is 0.0697. The van der Waals surface area contributed by atoms with Crippen molar-refractivity contribution in [2.24, 2.45) is 0 Å². The van der Waals surface area contributed by atoms with Crippen LogP contribution in [0.2, 0.25) is 0 Å². The van der Waals surface area contributed by atoms with E-state index in [0.717, 1.165) is 0 Å². The van der Waals surface area contributed by atoms with E-state index in [1.54, 1.807) is 49.5 Å². The summed E-state index contributed by atoms with van der Waals surface area (Å²) in [5.74, 6) is -1.29. The predicted molar refractivity (Wildman–Crippen MR) is 72.6 cm³/mol. The Bertz CT molecular complexity index is 608. The topological polar surface area (TPSA) is 57.6 Å². The Morgan fingerprint density at radius 3 is 2.16 bits per heavy atom. The molecule has 1 N–H and O–H groups in total. The monoisotopic (exact) mass is 255 g/mol.